The molecule has 94 valence electrons. The maximum absolute atomic E-state index is 11.6. The molecule has 0 bridgehead atoms. The molecule has 1 atom stereocenters. The first-order chi connectivity index (χ1) is 8.04. The number of carboxylic acids is 1. The topological polar surface area (TPSA) is 96.6 Å². The summed E-state index contributed by atoms with van der Waals surface area (Å²) in [6.07, 6.45) is 0.794. The number of amides is 1. The van der Waals surface area contributed by atoms with E-state index >= 15 is 0 Å². The van der Waals surface area contributed by atoms with Gasteiger partial charge in [0.2, 0.25) is 11.7 Å². The van der Waals surface area contributed by atoms with Crippen LogP contribution in [0.25, 0.3) is 0 Å². The summed E-state index contributed by atoms with van der Waals surface area (Å²) in [7, 11) is -1.65. The van der Waals surface area contributed by atoms with E-state index in [-0.39, 0.29) is 22.5 Å². The molecule has 6 nitrogen and oxygen atoms in total. The molecular formula is C10H13NO5S. The molecule has 0 aliphatic rings. The van der Waals surface area contributed by atoms with Gasteiger partial charge in [-0.2, -0.15) is 0 Å². The summed E-state index contributed by atoms with van der Waals surface area (Å²) in [5.41, 5.74) is 0. The van der Waals surface area contributed by atoms with Crippen LogP contribution in [0.5, 0.6) is 0 Å². The van der Waals surface area contributed by atoms with E-state index in [1.807, 2.05) is 6.92 Å². The van der Waals surface area contributed by atoms with Gasteiger partial charge in [0.25, 0.3) is 0 Å². The molecule has 0 saturated carbocycles. The molecule has 7 heteroatoms. The van der Waals surface area contributed by atoms with E-state index in [0.717, 1.165) is 6.42 Å². The van der Waals surface area contributed by atoms with Crippen molar-refractivity contribution in [2.75, 3.05) is 12.3 Å². The fraction of sp³-hybridized carbons (Fsp3) is 0.400. The molecule has 1 aromatic rings. The minimum atomic E-state index is -1.65. The van der Waals surface area contributed by atoms with Gasteiger partial charge in [0.05, 0.1) is 10.8 Å². The van der Waals surface area contributed by atoms with Gasteiger partial charge >= 0.3 is 5.97 Å². The van der Waals surface area contributed by atoms with Crippen molar-refractivity contribution < 1.29 is 23.3 Å². The second-order valence-electron chi connectivity index (χ2n) is 3.26. The Hall–Kier alpha value is -1.63. The van der Waals surface area contributed by atoms with Crippen LogP contribution >= 0.6 is 0 Å². The summed E-state index contributed by atoms with van der Waals surface area (Å²) >= 11 is 0. The molecule has 0 aliphatic heterocycles. The lowest BCUT2D eigenvalue weighted by atomic mass is 10.5. The molecule has 1 amide bonds. The van der Waals surface area contributed by atoms with Crippen molar-refractivity contribution >= 4 is 22.7 Å². The molecule has 0 aromatic carbocycles. The number of rotatable bonds is 6. The highest BCUT2D eigenvalue weighted by molar-refractivity contribution is 7.85. The molecule has 0 fully saturated rings. The number of carboxylic acid groups (broad SMARTS) is 1. The van der Waals surface area contributed by atoms with Crippen LogP contribution in [-0.4, -0.2) is 33.5 Å². The zero-order valence-electron chi connectivity index (χ0n) is 9.26. The zero-order valence-corrected chi connectivity index (χ0v) is 10.1. The number of furan rings is 1. The Morgan fingerprint density at radius 3 is 2.71 bits per heavy atom. The highest BCUT2D eigenvalue weighted by Crippen LogP contribution is 2.12. The van der Waals surface area contributed by atoms with Crippen molar-refractivity contribution in [1.82, 2.24) is 5.32 Å². The van der Waals surface area contributed by atoms with Crippen LogP contribution in [0.15, 0.2) is 21.6 Å². The average molecular weight is 259 g/mol. The first-order valence-corrected chi connectivity index (χ1v) is 6.34. The summed E-state index contributed by atoms with van der Waals surface area (Å²) < 4.78 is 16.5. The number of nitrogens with one attached hydrogen (secondary N) is 1. The van der Waals surface area contributed by atoms with E-state index in [9.17, 15) is 13.8 Å². The lowest BCUT2D eigenvalue weighted by Gasteiger charge is -2.01. The molecule has 0 aliphatic carbocycles. The van der Waals surface area contributed by atoms with Crippen LogP contribution in [0, 0.1) is 0 Å². The number of carbonyl (C=O) groups is 2. The monoisotopic (exact) mass is 259 g/mol. The summed E-state index contributed by atoms with van der Waals surface area (Å²) in [5.74, 6) is -2.10. The summed E-state index contributed by atoms with van der Waals surface area (Å²) in [4.78, 5) is 21.8. The normalized spacial score (nSPS) is 12.1. The Morgan fingerprint density at radius 1 is 1.47 bits per heavy atom. The minimum absolute atomic E-state index is 0.00551. The SMILES string of the molecule is CCCNC(=O)CS(=O)c1ccc(C(=O)O)o1. The van der Waals surface area contributed by atoms with Crippen LogP contribution in [0.3, 0.4) is 0 Å². The Balaban J connectivity index is 2.57. The van der Waals surface area contributed by atoms with E-state index < -0.39 is 16.8 Å². The second-order valence-corrected chi connectivity index (χ2v) is 4.65. The van der Waals surface area contributed by atoms with Crippen LogP contribution < -0.4 is 5.32 Å². The van der Waals surface area contributed by atoms with Crippen molar-refractivity contribution in [3.63, 3.8) is 0 Å². The fourth-order valence-electron chi connectivity index (χ4n) is 1.06. The van der Waals surface area contributed by atoms with Crippen LogP contribution in [0.4, 0.5) is 0 Å². The summed E-state index contributed by atoms with van der Waals surface area (Å²) in [6.45, 7) is 2.43. The van der Waals surface area contributed by atoms with Crippen molar-refractivity contribution in [3.8, 4) is 0 Å². The predicted molar refractivity (Wildman–Crippen MR) is 60.2 cm³/mol. The lowest BCUT2D eigenvalue weighted by Crippen LogP contribution is -2.28. The van der Waals surface area contributed by atoms with E-state index in [4.69, 9.17) is 9.52 Å². The highest BCUT2D eigenvalue weighted by Gasteiger charge is 2.16. The van der Waals surface area contributed by atoms with Gasteiger partial charge in [0.15, 0.2) is 5.09 Å². The molecule has 0 saturated heterocycles. The van der Waals surface area contributed by atoms with E-state index in [1.54, 1.807) is 0 Å². The molecule has 0 radical (unpaired) electrons. The highest BCUT2D eigenvalue weighted by atomic mass is 32.2. The van der Waals surface area contributed by atoms with Crippen molar-refractivity contribution in [2.24, 2.45) is 0 Å². The van der Waals surface area contributed by atoms with Crippen LogP contribution in [0.1, 0.15) is 23.9 Å². The van der Waals surface area contributed by atoms with Crippen LogP contribution in [0.2, 0.25) is 0 Å². The molecule has 1 rings (SSSR count). The third kappa shape index (κ3) is 4.03. The van der Waals surface area contributed by atoms with Gasteiger partial charge in [-0.15, -0.1) is 0 Å². The molecule has 2 N–H and O–H groups in total. The third-order valence-corrected chi connectivity index (χ3v) is 3.04. The maximum atomic E-state index is 11.6. The van der Waals surface area contributed by atoms with Gasteiger partial charge in [-0.1, -0.05) is 6.92 Å². The Labute approximate surface area is 100 Å². The largest absolute Gasteiger partial charge is 0.475 e. The molecule has 0 spiro atoms. The standard InChI is InChI=1S/C10H13NO5S/c1-2-5-11-8(12)6-17(15)9-4-3-7(16-9)10(13)14/h3-4H,2,5-6H2,1H3,(H,11,12)(H,13,14). The number of hydrogen-bond acceptors (Lipinski definition) is 4. The Morgan fingerprint density at radius 2 is 2.18 bits per heavy atom. The molecular weight excluding hydrogens is 246 g/mol. The summed E-state index contributed by atoms with van der Waals surface area (Å²) in [6, 6.07) is 2.51. The van der Waals surface area contributed by atoms with Gasteiger partial charge in [-0.25, -0.2) is 4.79 Å². The zero-order chi connectivity index (χ0) is 12.8. The number of carbonyl (C=O) groups excluding carboxylic acids is 1. The fourth-order valence-corrected chi connectivity index (χ4v) is 1.95. The van der Waals surface area contributed by atoms with Crippen molar-refractivity contribution in [2.45, 2.75) is 18.4 Å². The average Bonchev–Trinajstić information content (AvgIpc) is 2.75. The number of aromatic carboxylic acids is 1. The quantitative estimate of drug-likeness (QED) is 0.780. The maximum Gasteiger partial charge on any atom is 0.371 e. The number of hydrogen-bond donors (Lipinski definition) is 2. The first kappa shape index (κ1) is 13.4. The van der Waals surface area contributed by atoms with E-state index in [2.05, 4.69) is 5.32 Å². The molecule has 1 unspecified atom stereocenters. The van der Waals surface area contributed by atoms with Gasteiger partial charge in [0.1, 0.15) is 5.75 Å². The third-order valence-electron chi connectivity index (χ3n) is 1.85. The molecule has 1 aromatic heterocycles. The Kier molecular flexibility index (Phi) is 4.89. The molecule has 17 heavy (non-hydrogen) atoms. The smallest absolute Gasteiger partial charge is 0.371 e. The second kappa shape index (κ2) is 6.19. The molecule has 1 heterocycles. The summed E-state index contributed by atoms with van der Waals surface area (Å²) in [5, 5.41) is 11.2. The van der Waals surface area contributed by atoms with Gasteiger partial charge < -0.3 is 14.8 Å². The van der Waals surface area contributed by atoms with E-state index in [1.165, 1.54) is 12.1 Å². The van der Waals surface area contributed by atoms with E-state index in [0.29, 0.717) is 6.54 Å². The van der Waals surface area contributed by atoms with Crippen LogP contribution in [-0.2, 0) is 15.6 Å². The predicted octanol–water partition coefficient (Wildman–Crippen LogP) is 0.612. The Bertz CT molecular complexity index is 440. The van der Waals surface area contributed by atoms with Crippen molar-refractivity contribution in [3.05, 3.63) is 17.9 Å². The van der Waals surface area contributed by atoms with Gasteiger partial charge in [0, 0.05) is 6.54 Å². The van der Waals surface area contributed by atoms with Gasteiger partial charge in [-0.3, -0.25) is 9.00 Å². The lowest BCUT2D eigenvalue weighted by molar-refractivity contribution is -0.118. The minimum Gasteiger partial charge on any atom is -0.475 e. The van der Waals surface area contributed by atoms with Crippen molar-refractivity contribution in [1.29, 1.82) is 0 Å². The first-order valence-electron chi connectivity index (χ1n) is 5.02. The van der Waals surface area contributed by atoms with Gasteiger partial charge in [-0.05, 0) is 18.6 Å².